The summed E-state index contributed by atoms with van der Waals surface area (Å²) in [5.74, 6) is 1.19. The number of fused-ring (bicyclic) bond motifs is 1. The topological polar surface area (TPSA) is 91.8 Å². The Bertz CT molecular complexity index is 1860. The summed E-state index contributed by atoms with van der Waals surface area (Å²) in [7, 11) is 3.50. The Hall–Kier alpha value is -4.83. The average Bonchev–Trinajstić information content (AvgIpc) is 3.46. The number of aromatic nitrogens is 3. The van der Waals surface area contributed by atoms with Crippen LogP contribution in [-0.4, -0.2) is 33.6 Å². The molecule has 1 aliphatic rings. The largest absolute Gasteiger partial charge is 0.496 e. The lowest BCUT2D eigenvalue weighted by Gasteiger charge is -2.19. The molecule has 202 valence electrons. The minimum atomic E-state index is -0.196. The quantitative estimate of drug-likeness (QED) is 0.332. The predicted molar refractivity (Wildman–Crippen MR) is 155 cm³/mol. The lowest BCUT2D eigenvalue weighted by molar-refractivity contribution is -0.118. The fourth-order valence-corrected chi connectivity index (χ4v) is 5.74. The molecule has 10 heteroatoms. The Kier molecular flexibility index (Phi) is 6.61. The van der Waals surface area contributed by atoms with Gasteiger partial charge >= 0.3 is 0 Å². The summed E-state index contributed by atoms with van der Waals surface area (Å²) in [4.78, 5) is 31.2. The summed E-state index contributed by atoms with van der Waals surface area (Å²) in [5, 5.41) is 4.89. The van der Waals surface area contributed by atoms with Gasteiger partial charge in [0.15, 0.2) is 17.1 Å². The Labute approximate surface area is 234 Å². The summed E-state index contributed by atoms with van der Waals surface area (Å²) in [6.45, 7) is 2.35. The number of thiazole rings is 1. The lowest BCUT2D eigenvalue weighted by atomic mass is 10.1. The third-order valence-electron chi connectivity index (χ3n) is 6.96. The molecular formula is C30H27N5O4S. The average molecular weight is 554 g/mol. The molecule has 0 atom stereocenters. The van der Waals surface area contributed by atoms with Gasteiger partial charge in [0.2, 0.25) is 0 Å². The zero-order valence-electron chi connectivity index (χ0n) is 22.2. The first-order chi connectivity index (χ1) is 19.4. The molecular weight excluding hydrogens is 526 g/mol. The maximum absolute atomic E-state index is 13.6. The van der Waals surface area contributed by atoms with Gasteiger partial charge in [-0.05, 0) is 43.3 Å². The molecule has 3 aromatic carbocycles. The monoisotopic (exact) mass is 553 g/mol. The lowest BCUT2D eigenvalue weighted by Crippen LogP contribution is -2.25. The van der Waals surface area contributed by atoms with Crippen molar-refractivity contribution in [3.05, 3.63) is 105 Å². The molecule has 40 heavy (non-hydrogen) atoms. The molecule has 0 spiro atoms. The Morgan fingerprint density at radius 3 is 2.62 bits per heavy atom. The normalized spacial score (nSPS) is 13.1. The molecule has 0 radical (unpaired) electrons. The van der Waals surface area contributed by atoms with E-state index in [0.717, 1.165) is 34.0 Å². The van der Waals surface area contributed by atoms with E-state index in [0.29, 0.717) is 28.5 Å². The molecule has 1 amide bonds. The SMILES string of the molecule is COc1ccccc1Cn1c(-c2ccc3c(c2)NC(=O)CO3)csc1=Nc1c(C)n(C)n(-c2ccccc2)c1=O. The van der Waals surface area contributed by atoms with Crippen LogP contribution in [-0.2, 0) is 18.4 Å². The third-order valence-corrected chi connectivity index (χ3v) is 7.82. The molecule has 9 nitrogen and oxygen atoms in total. The van der Waals surface area contributed by atoms with Crippen LogP contribution in [0.5, 0.6) is 11.5 Å². The predicted octanol–water partition coefficient (Wildman–Crippen LogP) is 4.63. The smallest absolute Gasteiger partial charge is 0.297 e. The molecule has 0 saturated heterocycles. The van der Waals surface area contributed by atoms with Crippen molar-refractivity contribution in [2.24, 2.45) is 12.0 Å². The van der Waals surface area contributed by atoms with Crippen LogP contribution in [0.2, 0.25) is 0 Å². The number of methoxy groups -OCH3 is 1. The first-order valence-corrected chi connectivity index (χ1v) is 13.6. The fraction of sp³-hybridized carbons (Fsp3) is 0.167. The van der Waals surface area contributed by atoms with E-state index >= 15 is 0 Å². The molecule has 0 unspecified atom stereocenters. The van der Waals surface area contributed by atoms with Crippen LogP contribution >= 0.6 is 11.3 Å². The van der Waals surface area contributed by atoms with Gasteiger partial charge in [0.1, 0.15) is 11.5 Å². The molecule has 0 bridgehead atoms. The number of rotatable bonds is 6. The van der Waals surface area contributed by atoms with Gasteiger partial charge in [-0.3, -0.25) is 14.3 Å². The van der Waals surface area contributed by atoms with Crippen LogP contribution in [0.3, 0.4) is 0 Å². The minimum Gasteiger partial charge on any atom is -0.496 e. The van der Waals surface area contributed by atoms with Crippen LogP contribution in [0.4, 0.5) is 11.4 Å². The molecule has 1 aliphatic heterocycles. The Balaban J connectivity index is 1.53. The van der Waals surface area contributed by atoms with E-state index in [-0.39, 0.29) is 18.1 Å². The van der Waals surface area contributed by atoms with Crippen LogP contribution < -0.4 is 25.2 Å². The van der Waals surface area contributed by atoms with Gasteiger partial charge in [-0.2, -0.15) is 0 Å². The van der Waals surface area contributed by atoms with E-state index in [1.54, 1.807) is 11.8 Å². The molecule has 1 N–H and O–H groups in total. The van der Waals surface area contributed by atoms with Gasteiger partial charge in [-0.15, -0.1) is 11.3 Å². The van der Waals surface area contributed by atoms with E-state index in [4.69, 9.17) is 14.5 Å². The summed E-state index contributed by atoms with van der Waals surface area (Å²) in [5.41, 5.74) is 5.04. The van der Waals surface area contributed by atoms with Gasteiger partial charge in [-0.1, -0.05) is 36.4 Å². The summed E-state index contributed by atoms with van der Waals surface area (Å²) < 4.78 is 16.7. The number of hydrogen-bond donors (Lipinski definition) is 1. The number of hydrogen-bond acceptors (Lipinski definition) is 6. The van der Waals surface area contributed by atoms with Gasteiger partial charge in [0, 0.05) is 23.6 Å². The Morgan fingerprint density at radius 1 is 1.05 bits per heavy atom. The number of nitrogens with zero attached hydrogens (tertiary/aromatic N) is 4. The van der Waals surface area contributed by atoms with Crippen molar-refractivity contribution in [1.29, 1.82) is 0 Å². The zero-order chi connectivity index (χ0) is 27.8. The maximum Gasteiger partial charge on any atom is 0.297 e. The highest BCUT2D eigenvalue weighted by molar-refractivity contribution is 7.07. The molecule has 2 aromatic heterocycles. The zero-order valence-corrected chi connectivity index (χ0v) is 23.1. The molecule has 0 saturated carbocycles. The van der Waals surface area contributed by atoms with Crippen molar-refractivity contribution in [3.63, 3.8) is 0 Å². The highest BCUT2D eigenvalue weighted by Crippen LogP contribution is 2.33. The van der Waals surface area contributed by atoms with E-state index < -0.39 is 0 Å². The van der Waals surface area contributed by atoms with Crippen molar-refractivity contribution < 1.29 is 14.3 Å². The number of amides is 1. The van der Waals surface area contributed by atoms with Crippen LogP contribution in [0.15, 0.2) is 88.0 Å². The molecule has 0 fully saturated rings. The number of anilines is 1. The highest BCUT2D eigenvalue weighted by atomic mass is 32.1. The van der Waals surface area contributed by atoms with Gasteiger partial charge in [0.25, 0.3) is 11.5 Å². The molecule has 3 heterocycles. The van der Waals surface area contributed by atoms with Gasteiger partial charge in [0.05, 0.1) is 36.4 Å². The number of benzene rings is 3. The Morgan fingerprint density at radius 2 is 1.82 bits per heavy atom. The number of ether oxygens (including phenoxy) is 2. The molecule has 0 aliphatic carbocycles. The van der Waals surface area contributed by atoms with Crippen molar-refractivity contribution in [2.75, 3.05) is 19.0 Å². The van der Waals surface area contributed by atoms with Crippen molar-refractivity contribution in [1.82, 2.24) is 13.9 Å². The number of nitrogens with one attached hydrogen (secondary N) is 1. The van der Waals surface area contributed by atoms with Crippen molar-refractivity contribution in [3.8, 4) is 28.4 Å². The first-order valence-electron chi connectivity index (χ1n) is 12.7. The molecule has 6 rings (SSSR count). The van der Waals surface area contributed by atoms with E-state index in [2.05, 4.69) is 9.88 Å². The summed E-state index contributed by atoms with van der Waals surface area (Å²) in [6, 6.07) is 23.0. The molecule has 5 aromatic rings. The van der Waals surface area contributed by atoms with E-state index in [1.165, 1.54) is 11.3 Å². The highest BCUT2D eigenvalue weighted by Gasteiger charge is 2.20. The van der Waals surface area contributed by atoms with E-state index in [9.17, 15) is 9.59 Å². The van der Waals surface area contributed by atoms with Gasteiger partial charge in [-0.25, -0.2) is 9.67 Å². The van der Waals surface area contributed by atoms with E-state index in [1.807, 2.05) is 96.8 Å². The minimum absolute atomic E-state index is 0.00142. The second-order valence-electron chi connectivity index (χ2n) is 9.37. The number of carbonyl (C=O) groups is 1. The van der Waals surface area contributed by atoms with Crippen molar-refractivity contribution in [2.45, 2.75) is 13.5 Å². The van der Waals surface area contributed by atoms with Gasteiger partial charge < -0.3 is 19.4 Å². The van der Waals surface area contributed by atoms with Crippen LogP contribution in [0.25, 0.3) is 16.9 Å². The second-order valence-corrected chi connectivity index (χ2v) is 10.2. The number of carbonyl (C=O) groups excluding carboxylic acids is 1. The third kappa shape index (κ3) is 4.52. The van der Waals surface area contributed by atoms with Crippen LogP contribution in [0.1, 0.15) is 11.3 Å². The second kappa shape index (κ2) is 10.4. The summed E-state index contributed by atoms with van der Waals surface area (Å²) in [6.07, 6.45) is 0. The van der Waals surface area contributed by atoms with Crippen molar-refractivity contribution >= 4 is 28.6 Å². The van der Waals surface area contributed by atoms with Crippen LogP contribution in [0, 0.1) is 6.92 Å². The fourth-order valence-electron chi connectivity index (χ4n) is 4.83. The maximum atomic E-state index is 13.6. The summed E-state index contributed by atoms with van der Waals surface area (Å²) >= 11 is 1.44. The number of para-hydroxylation sites is 2. The standard InChI is InChI=1S/C30H27N5O4S/c1-19-28(29(37)35(33(19)2)22-10-5-4-6-11-22)32-30-34(16-21-9-7-8-12-25(21)38-3)24(18-40-30)20-13-14-26-23(15-20)31-27(36)17-39-26/h4-15,18H,16-17H2,1-3H3,(H,31,36). The first kappa shape index (κ1) is 25.4.